The molecule has 0 saturated heterocycles. The molecule has 0 aliphatic heterocycles. The van der Waals surface area contributed by atoms with Gasteiger partial charge in [0, 0.05) is 11.0 Å². The Morgan fingerprint density at radius 3 is 2.12 bits per heavy atom. The summed E-state index contributed by atoms with van der Waals surface area (Å²) in [6.07, 6.45) is 1.35. The van der Waals surface area contributed by atoms with Gasteiger partial charge in [0.15, 0.2) is 5.78 Å². The largest absolute Gasteiger partial charge is 0.348 e. The Balaban J connectivity index is 2.75. The van der Waals surface area contributed by atoms with E-state index in [0.29, 0.717) is 6.42 Å². The first-order valence-electron chi connectivity index (χ1n) is 8.68. The molecule has 0 unspecified atom stereocenters. The van der Waals surface area contributed by atoms with E-state index in [0.717, 1.165) is 12.0 Å². The molecule has 0 saturated carbocycles. The van der Waals surface area contributed by atoms with Crippen LogP contribution in [0.25, 0.3) is 0 Å². The highest BCUT2D eigenvalue weighted by molar-refractivity contribution is 5.91. The van der Waals surface area contributed by atoms with Crippen LogP contribution in [0.2, 0.25) is 0 Å². The predicted octanol–water partition coefficient (Wildman–Crippen LogP) is 3.11. The number of Topliss-reactive ketones (excluding diaryl/α,β-unsaturated/α-hetero) is 1. The van der Waals surface area contributed by atoms with Crippen molar-refractivity contribution in [1.82, 2.24) is 10.6 Å². The SMILES string of the molecule is CCC(C)(C)C(=O)CNC(=O)[C@H](Cc1ccccc1)NC(C)(C)C. The number of carbonyl (C=O) groups is 2. The van der Waals surface area contributed by atoms with E-state index < -0.39 is 5.41 Å². The lowest BCUT2D eigenvalue weighted by molar-refractivity contribution is -0.130. The van der Waals surface area contributed by atoms with Crippen LogP contribution in [-0.4, -0.2) is 29.8 Å². The monoisotopic (exact) mass is 332 g/mol. The topological polar surface area (TPSA) is 58.2 Å². The van der Waals surface area contributed by atoms with Gasteiger partial charge in [-0.1, -0.05) is 51.1 Å². The summed E-state index contributed by atoms with van der Waals surface area (Å²) in [4.78, 5) is 24.9. The van der Waals surface area contributed by atoms with Gasteiger partial charge >= 0.3 is 0 Å². The van der Waals surface area contributed by atoms with Gasteiger partial charge in [0.1, 0.15) is 0 Å². The van der Waals surface area contributed by atoms with Crippen molar-refractivity contribution in [3.05, 3.63) is 35.9 Å². The second kappa shape index (κ2) is 8.43. The second-order valence-electron chi connectivity index (χ2n) is 8.02. The zero-order chi connectivity index (χ0) is 18.4. The summed E-state index contributed by atoms with van der Waals surface area (Å²) in [5.41, 5.74) is 0.498. The highest BCUT2D eigenvalue weighted by Crippen LogP contribution is 2.20. The van der Waals surface area contributed by atoms with Crippen LogP contribution in [0, 0.1) is 5.41 Å². The Labute approximate surface area is 146 Å². The highest BCUT2D eigenvalue weighted by atomic mass is 16.2. The molecule has 1 aromatic rings. The van der Waals surface area contributed by atoms with Crippen LogP contribution in [0.15, 0.2) is 30.3 Å². The van der Waals surface area contributed by atoms with Crippen molar-refractivity contribution < 1.29 is 9.59 Å². The van der Waals surface area contributed by atoms with Gasteiger partial charge < -0.3 is 10.6 Å². The number of hydrogen-bond acceptors (Lipinski definition) is 3. The summed E-state index contributed by atoms with van der Waals surface area (Å²) in [5.74, 6) is -0.0680. The van der Waals surface area contributed by atoms with Crippen molar-refractivity contribution in [2.24, 2.45) is 5.41 Å². The van der Waals surface area contributed by atoms with E-state index in [1.165, 1.54) is 0 Å². The maximum Gasteiger partial charge on any atom is 0.237 e. The van der Waals surface area contributed by atoms with Crippen molar-refractivity contribution >= 4 is 11.7 Å². The van der Waals surface area contributed by atoms with E-state index in [2.05, 4.69) is 10.6 Å². The molecule has 0 fully saturated rings. The molecule has 4 heteroatoms. The quantitative estimate of drug-likeness (QED) is 0.769. The van der Waals surface area contributed by atoms with Crippen molar-refractivity contribution in [2.75, 3.05) is 6.54 Å². The average molecular weight is 332 g/mol. The fraction of sp³-hybridized carbons (Fsp3) is 0.600. The van der Waals surface area contributed by atoms with Crippen molar-refractivity contribution in [1.29, 1.82) is 0 Å². The van der Waals surface area contributed by atoms with Gasteiger partial charge in [-0.2, -0.15) is 0 Å². The maximum atomic E-state index is 12.6. The highest BCUT2D eigenvalue weighted by Gasteiger charge is 2.28. The van der Waals surface area contributed by atoms with Crippen LogP contribution in [-0.2, 0) is 16.0 Å². The van der Waals surface area contributed by atoms with Gasteiger partial charge in [-0.25, -0.2) is 0 Å². The Hall–Kier alpha value is -1.68. The number of rotatable bonds is 8. The molecule has 0 aliphatic carbocycles. The molecule has 0 radical (unpaired) electrons. The van der Waals surface area contributed by atoms with Crippen molar-refractivity contribution in [3.8, 4) is 0 Å². The van der Waals surface area contributed by atoms with Crippen molar-refractivity contribution in [2.45, 2.75) is 66.0 Å². The van der Waals surface area contributed by atoms with E-state index in [1.807, 2.05) is 71.9 Å². The molecule has 1 amide bonds. The molecule has 24 heavy (non-hydrogen) atoms. The fourth-order valence-corrected chi connectivity index (χ4v) is 2.31. The first-order valence-corrected chi connectivity index (χ1v) is 8.68. The Bertz CT molecular complexity index is 545. The standard InChI is InChI=1S/C20H32N2O2/c1-7-20(5,6)17(23)14-21-18(24)16(22-19(2,3)4)13-15-11-9-8-10-12-15/h8-12,16,22H,7,13-14H2,1-6H3,(H,21,24)/t16-/m0/s1. The molecular weight excluding hydrogens is 300 g/mol. The minimum atomic E-state index is -0.403. The Kier molecular flexibility index (Phi) is 7.15. The first-order chi connectivity index (χ1) is 11.0. The molecule has 1 aromatic carbocycles. The molecule has 4 nitrogen and oxygen atoms in total. The number of hydrogen-bond donors (Lipinski definition) is 2. The van der Waals surface area contributed by atoms with Crippen LogP contribution >= 0.6 is 0 Å². The molecule has 0 bridgehead atoms. The molecule has 0 aromatic heterocycles. The molecule has 1 atom stereocenters. The normalized spacial score (nSPS) is 13.4. The number of nitrogens with one attached hydrogen (secondary N) is 2. The molecule has 0 aliphatic rings. The van der Waals surface area contributed by atoms with E-state index >= 15 is 0 Å². The minimum absolute atomic E-state index is 0.0626. The summed E-state index contributed by atoms with van der Waals surface area (Å²) in [6, 6.07) is 9.54. The van der Waals surface area contributed by atoms with E-state index in [9.17, 15) is 9.59 Å². The Morgan fingerprint density at radius 1 is 1.04 bits per heavy atom. The fourth-order valence-electron chi connectivity index (χ4n) is 2.31. The van der Waals surface area contributed by atoms with E-state index in [-0.39, 0.29) is 29.8 Å². The molecule has 134 valence electrons. The number of benzene rings is 1. The molecule has 1 rings (SSSR count). The lowest BCUT2D eigenvalue weighted by atomic mass is 9.85. The third-order valence-corrected chi connectivity index (χ3v) is 4.27. The van der Waals surface area contributed by atoms with E-state index in [4.69, 9.17) is 0 Å². The number of carbonyl (C=O) groups excluding carboxylic acids is 2. The van der Waals surface area contributed by atoms with Gasteiger partial charge in [-0.05, 0) is 39.2 Å². The van der Waals surface area contributed by atoms with Gasteiger partial charge in [0.2, 0.25) is 5.91 Å². The van der Waals surface area contributed by atoms with E-state index in [1.54, 1.807) is 0 Å². The average Bonchev–Trinajstić information content (AvgIpc) is 2.51. The number of ketones is 1. The zero-order valence-electron chi connectivity index (χ0n) is 15.9. The van der Waals surface area contributed by atoms with Gasteiger partial charge in [-0.15, -0.1) is 0 Å². The molecular formula is C20H32N2O2. The van der Waals surface area contributed by atoms with Crippen LogP contribution in [0.4, 0.5) is 0 Å². The summed E-state index contributed by atoms with van der Waals surface area (Å²) >= 11 is 0. The lowest BCUT2D eigenvalue weighted by Gasteiger charge is -2.28. The maximum absolute atomic E-state index is 12.6. The lowest BCUT2D eigenvalue weighted by Crippen LogP contribution is -2.53. The smallest absolute Gasteiger partial charge is 0.237 e. The first kappa shape index (κ1) is 20.4. The zero-order valence-corrected chi connectivity index (χ0v) is 15.9. The van der Waals surface area contributed by atoms with Crippen LogP contribution < -0.4 is 10.6 Å². The third kappa shape index (κ3) is 6.83. The third-order valence-electron chi connectivity index (χ3n) is 4.27. The van der Waals surface area contributed by atoms with Crippen LogP contribution in [0.3, 0.4) is 0 Å². The summed E-state index contributed by atoms with van der Waals surface area (Å²) in [5, 5.41) is 6.17. The van der Waals surface area contributed by atoms with Gasteiger partial charge in [0.25, 0.3) is 0 Å². The molecule has 2 N–H and O–H groups in total. The molecule has 0 heterocycles. The Morgan fingerprint density at radius 2 is 1.62 bits per heavy atom. The molecule has 0 spiro atoms. The summed E-state index contributed by atoms with van der Waals surface area (Å²) in [7, 11) is 0. The number of amides is 1. The van der Waals surface area contributed by atoms with Crippen LogP contribution in [0.1, 0.15) is 53.5 Å². The van der Waals surface area contributed by atoms with Gasteiger partial charge in [-0.3, -0.25) is 9.59 Å². The van der Waals surface area contributed by atoms with Gasteiger partial charge in [0.05, 0.1) is 12.6 Å². The summed E-state index contributed by atoms with van der Waals surface area (Å²) in [6.45, 7) is 12.0. The second-order valence-corrected chi connectivity index (χ2v) is 8.02. The minimum Gasteiger partial charge on any atom is -0.348 e. The summed E-state index contributed by atoms with van der Waals surface area (Å²) < 4.78 is 0. The predicted molar refractivity (Wildman–Crippen MR) is 98.9 cm³/mol. The van der Waals surface area contributed by atoms with Crippen LogP contribution in [0.5, 0.6) is 0 Å². The van der Waals surface area contributed by atoms with Crippen molar-refractivity contribution in [3.63, 3.8) is 0 Å².